The Hall–Kier alpha value is -2.63. The monoisotopic (exact) mass is 384 g/mol. The van der Waals surface area contributed by atoms with Gasteiger partial charge in [-0.05, 0) is 17.2 Å². The van der Waals surface area contributed by atoms with Crippen molar-refractivity contribution in [2.75, 3.05) is 21.2 Å². The Kier molecular flexibility index (Phi) is 5.35. The van der Waals surface area contributed by atoms with E-state index >= 15 is 0 Å². The highest BCUT2D eigenvalue weighted by Gasteiger charge is 2.57. The maximum Gasteiger partial charge on any atom is 0.282 e. The highest BCUT2D eigenvalue weighted by atomic mass is 35.5. The molecule has 1 aliphatic rings. The van der Waals surface area contributed by atoms with Crippen molar-refractivity contribution in [2.45, 2.75) is 11.1 Å². The summed E-state index contributed by atoms with van der Waals surface area (Å²) in [6.45, 7) is 0. The number of rotatable bonds is 4. The van der Waals surface area contributed by atoms with E-state index < -0.39 is 17.0 Å². The van der Waals surface area contributed by atoms with Crippen molar-refractivity contribution >= 4 is 29.5 Å². The topological polar surface area (TPSA) is 49.9 Å². The lowest BCUT2D eigenvalue weighted by Crippen LogP contribution is -2.67. The minimum atomic E-state index is -1.64. The standard InChI is InChI=1S/C21H21ClN2O3/c1-23-17(14-15-10-6-4-7-11-15)19(25)24(2)21(27-3,20(23)26)18(22)16-12-8-5-9-13-16/h4-14,18H,1-3H3/b17-14+/t18-,21+/m1/s1. The number of piperazine rings is 1. The van der Waals surface area contributed by atoms with Gasteiger partial charge in [-0.1, -0.05) is 60.7 Å². The normalized spacial score (nSPS) is 23.0. The Morgan fingerprint density at radius 1 is 1.00 bits per heavy atom. The first-order valence-corrected chi connectivity index (χ1v) is 8.94. The molecule has 0 saturated carbocycles. The van der Waals surface area contributed by atoms with E-state index in [0.29, 0.717) is 5.56 Å². The molecule has 1 fully saturated rings. The van der Waals surface area contributed by atoms with Crippen LogP contribution < -0.4 is 0 Å². The van der Waals surface area contributed by atoms with Crippen LogP contribution in [-0.2, 0) is 14.3 Å². The molecule has 1 saturated heterocycles. The lowest BCUT2D eigenvalue weighted by molar-refractivity contribution is -0.191. The molecule has 5 nitrogen and oxygen atoms in total. The van der Waals surface area contributed by atoms with Crippen LogP contribution in [0.5, 0.6) is 0 Å². The summed E-state index contributed by atoms with van der Waals surface area (Å²) in [5.74, 6) is -0.748. The first kappa shape index (κ1) is 19.1. The summed E-state index contributed by atoms with van der Waals surface area (Å²) >= 11 is 6.68. The van der Waals surface area contributed by atoms with Gasteiger partial charge < -0.3 is 14.5 Å². The number of nitrogens with zero attached hydrogens (tertiary/aromatic N) is 2. The molecular weight excluding hydrogens is 364 g/mol. The molecule has 3 rings (SSSR count). The van der Waals surface area contributed by atoms with E-state index in [4.69, 9.17) is 16.3 Å². The van der Waals surface area contributed by atoms with Crippen LogP contribution in [0.4, 0.5) is 0 Å². The first-order chi connectivity index (χ1) is 12.9. The Balaban J connectivity index is 2.06. The number of benzene rings is 2. The Labute approximate surface area is 163 Å². The molecule has 1 aliphatic heterocycles. The van der Waals surface area contributed by atoms with Crippen molar-refractivity contribution in [1.29, 1.82) is 0 Å². The molecule has 27 heavy (non-hydrogen) atoms. The van der Waals surface area contributed by atoms with Gasteiger partial charge in [0.2, 0.25) is 5.72 Å². The molecule has 0 aliphatic carbocycles. The van der Waals surface area contributed by atoms with E-state index in [9.17, 15) is 9.59 Å². The zero-order valence-electron chi connectivity index (χ0n) is 15.4. The Morgan fingerprint density at radius 2 is 1.56 bits per heavy atom. The summed E-state index contributed by atoms with van der Waals surface area (Å²) in [4.78, 5) is 29.1. The zero-order valence-corrected chi connectivity index (χ0v) is 16.2. The molecule has 2 aromatic rings. The molecule has 0 N–H and O–H groups in total. The highest BCUT2D eigenvalue weighted by Crippen LogP contribution is 2.42. The maximum absolute atomic E-state index is 13.3. The SMILES string of the molecule is CO[C@@]1([C@H](Cl)c2ccccc2)C(=O)N(C)/C(=C/c2ccccc2)C(=O)N1C. The lowest BCUT2D eigenvalue weighted by Gasteiger charge is -2.48. The molecule has 0 bridgehead atoms. The molecule has 0 unspecified atom stereocenters. The first-order valence-electron chi connectivity index (χ1n) is 8.50. The fourth-order valence-corrected chi connectivity index (χ4v) is 3.75. The van der Waals surface area contributed by atoms with Gasteiger partial charge in [0.25, 0.3) is 11.8 Å². The fraction of sp³-hybridized carbons (Fsp3) is 0.238. The average molecular weight is 385 g/mol. The number of hydrogen-bond acceptors (Lipinski definition) is 3. The molecule has 0 aromatic heterocycles. The summed E-state index contributed by atoms with van der Waals surface area (Å²) in [6, 6.07) is 18.5. The van der Waals surface area contributed by atoms with Crippen LogP contribution in [0.25, 0.3) is 6.08 Å². The predicted molar refractivity (Wildman–Crippen MR) is 105 cm³/mol. The van der Waals surface area contributed by atoms with E-state index in [2.05, 4.69) is 0 Å². The molecule has 0 radical (unpaired) electrons. The Morgan fingerprint density at radius 3 is 2.11 bits per heavy atom. The van der Waals surface area contributed by atoms with E-state index in [1.165, 1.54) is 24.0 Å². The third kappa shape index (κ3) is 3.13. The van der Waals surface area contributed by atoms with Gasteiger partial charge in [-0.2, -0.15) is 0 Å². The number of amides is 2. The van der Waals surface area contributed by atoms with Crippen LogP contribution in [0.3, 0.4) is 0 Å². The van der Waals surface area contributed by atoms with Crippen molar-refractivity contribution in [3.63, 3.8) is 0 Å². The quantitative estimate of drug-likeness (QED) is 0.600. The second kappa shape index (κ2) is 7.55. The third-order valence-electron chi connectivity index (χ3n) is 4.84. The van der Waals surface area contributed by atoms with Gasteiger partial charge in [-0.3, -0.25) is 9.59 Å². The van der Waals surface area contributed by atoms with Gasteiger partial charge in [0.15, 0.2) is 0 Å². The minimum absolute atomic E-state index is 0.262. The molecular formula is C21H21ClN2O3. The fourth-order valence-electron chi connectivity index (χ4n) is 3.28. The molecule has 1 heterocycles. The number of hydrogen-bond donors (Lipinski definition) is 0. The van der Waals surface area contributed by atoms with Crippen LogP contribution in [0.2, 0.25) is 0 Å². The third-order valence-corrected chi connectivity index (χ3v) is 5.39. The van der Waals surface area contributed by atoms with Crippen molar-refractivity contribution in [2.24, 2.45) is 0 Å². The number of alkyl halides is 1. The second-order valence-corrected chi connectivity index (χ2v) is 6.78. The van der Waals surface area contributed by atoms with Crippen LogP contribution in [0.1, 0.15) is 16.5 Å². The molecule has 140 valence electrons. The predicted octanol–water partition coefficient (Wildman–Crippen LogP) is 3.28. The smallest absolute Gasteiger partial charge is 0.282 e. The van der Waals surface area contributed by atoms with Gasteiger partial charge in [0, 0.05) is 21.2 Å². The largest absolute Gasteiger partial charge is 0.349 e. The number of methoxy groups -OCH3 is 1. The van der Waals surface area contributed by atoms with Gasteiger partial charge >= 0.3 is 0 Å². The van der Waals surface area contributed by atoms with E-state index in [1.54, 1.807) is 25.3 Å². The minimum Gasteiger partial charge on any atom is -0.349 e. The van der Waals surface area contributed by atoms with E-state index in [-0.39, 0.29) is 11.6 Å². The zero-order chi connectivity index (χ0) is 19.6. The van der Waals surface area contributed by atoms with Gasteiger partial charge in [0.05, 0.1) is 0 Å². The summed E-state index contributed by atoms with van der Waals surface area (Å²) in [7, 11) is 4.48. The number of halogens is 1. The summed E-state index contributed by atoms with van der Waals surface area (Å²) in [5, 5.41) is -0.870. The summed E-state index contributed by atoms with van der Waals surface area (Å²) in [6.07, 6.45) is 1.68. The number of carbonyl (C=O) groups is 2. The van der Waals surface area contributed by atoms with E-state index in [0.717, 1.165) is 5.56 Å². The van der Waals surface area contributed by atoms with Crippen molar-refractivity contribution in [3.8, 4) is 0 Å². The molecule has 2 amide bonds. The van der Waals surface area contributed by atoms with Crippen LogP contribution in [0.15, 0.2) is 66.4 Å². The molecule has 2 aromatic carbocycles. The lowest BCUT2D eigenvalue weighted by atomic mass is 9.95. The van der Waals surface area contributed by atoms with Crippen molar-refractivity contribution in [3.05, 3.63) is 77.5 Å². The van der Waals surface area contributed by atoms with Crippen molar-refractivity contribution in [1.82, 2.24) is 9.80 Å². The van der Waals surface area contributed by atoms with Crippen LogP contribution >= 0.6 is 11.6 Å². The number of ether oxygens (including phenoxy) is 1. The van der Waals surface area contributed by atoms with Gasteiger partial charge in [0.1, 0.15) is 11.1 Å². The van der Waals surface area contributed by atoms with Gasteiger partial charge in [-0.15, -0.1) is 11.6 Å². The van der Waals surface area contributed by atoms with Crippen LogP contribution in [0, 0.1) is 0 Å². The maximum atomic E-state index is 13.3. The molecule has 6 heteroatoms. The molecule has 0 spiro atoms. The molecule has 2 atom stereocenters. The Bertz CT molecular complexity index is 870. The highest BCUT2D eigenvalue weighted by molar-refractivity contribution is 6.24. The van der Waals surface area contributed by atoms with E-state index in [1.807, 2.05) is 48.5 Å². The average Bonchev–Trinajstić information content (AvgIpc) is 2.72. The number of likely N-dealkylation sites (N-methyl/N-ethyl adjacent to an activating group) is 2. The summed E-state index contributed by atoms with van der Waals surface area (Å²) < 4.78 is 5.61. The summed E-state index contributed by atoms with van der Waals surface area (Å²) in [5.41, 5.74) is 0.142. The number of carbonyl (C=O) groups excluding carboxylic acids is 2. The van der Waals surface area contributed by atoms with Crippen LogP contribution in [-0.4, -0.2) is 48.5 Å². The second-order valence-electron chi connectivity index (χ2n) is 6.34. The van der Waals surface area contributed by atoms with Gasteiger partial charge in [-0.25, -0.2) is 0 Å². The van der Waals surface area contributed by atoms with Crippen molar-refractivity contribution < 1.29 is 14.3 Å².